The van der Waals surface area contributed by atoms with E-state index in [2.05, 4.69) is 60.9 Å². The molecule has 0 rings (SSSR count). The lowest BCUT2D eigenvalue weighted by molar-refractivity contribution is -0.161. The van der Waals surface area contributed by atoms with Gasteiger partial charge in [-0.15, -0.1) is 0 Å². The van der Waals surface area contributed by atoms with Gasteiger partial charge in [-0.1, -0.05) is 178 Å². The van der Waals surface area contributed by atoms with Gasteiger partial charge < -0.3 is 19.3 Å². The minimum atomic E-state index is -4.77. The highest BCUT2D eigenvalue weighted by Gasteiger charge is 2.22. The molecule has 2 N–H and O–H groups in total. The van der Waals surface area contributed by atoms with Crippen LogP contribution in [0.4, 0.5) is 0 Å². The largest absolute Gasteiger partial charge is 0.469 e. The van der Waals surface area contributed by atoms with Crippen LogP contribution in [0.5, 0.6) is 0 Å². The molecular weight excluding hydrogens is 675 g/mol. The number of carbonyl (C=O) groups is 2. The van der Waals surface area contributed by atoms with Crippen LogP contribution in [0.15, 0.2) is 48.6 Å². The second-order valence-electron chi connectivity index (χ2n) is 14.0. The first-order chi connectivity index (χ1) is 25.3. The summed E-state index contributed by atoms with van der Waals surface area (Å²) < 4.78 is 26.3. The van der Waals surface area contributed by atoms with Crippen molar-refractivity contribution < 1.29 is 37.9 Å². The number of phosphoric ester groups is 1. The van der Waals surface area contributed by atoms with E-state index in [9.17, 15) is 14.2 Å². The number of hydrogen-bond donors (Lipinski definition) is 2. The third-order valence-corrected chi connectivity index (χ3v) is 9.34. The second kappa shape index (κ2) is 38.7. The first-order valence-corrected chi connectivity index (χ1v) is 22.5. The predicted molar refractivity (Wildman–Crippen MR) is 216 cm³/mol. The van der Waals surface area contributed by atoms with E-state index < -0.39 is 32.5 Å². The Labute approximate surface area is 318 Å². The quantitative estimate of drug-likeness (QED) is 0.0277. The number of hydrogen-bond acceptors (Lipinski definition) is 6. The van der Waals surface area contributed by atoms with Gasteiger partial charge in [-0.05, 0) is 51.4 Å². The minimum Gasteiger partial charge on any atom is -0.462 e. The zero-order valence-corrected chi connectivity index (χ0v) is 34.1. The summed E-state index contributed by atoms with van der Waals surface area (Å²) in [6.45, 7) is 3.62. The molecule has 0 aromatic carbocycles. The summed E-state index contributed by atoms with van der Waals surface area (Å²) in [5.41, 5.74) is 0. The number of phosphoric acid groups is 1. The average molecular weight is 753 g/mol. The Bertz CT molecular complexity index is 984. The first kappa shape index (κ1) is 50.0. The molecule has 0 aliphatic carbocycles. The third-order valence-electron chi connectivity index (χ3n) is 8.85. The van der Waals surface area contributed by atoms with Gasteiger partial charge in [-0.3, -0.25) is 14.1 Å². The number of esters is 2. The molecule has 0 aromatic rings. The molecule has 0 saturated heterocycles. The molecule has 0 fully saturated rings. The van der Waals surface area contributed by atoms with Crippen molar-refractivity contribution in [2.24, 2.45) is 0 Å². The Balaban J connectivity index is 4.00. The van der Waals surface area contributed by atoms with Gasteiger partial charge in [0.15, 0.2) is 6.10 Å². The third kappa shape index (κ3) is 40.8. The Morgan fingerprint density at radius 3 is 1.35 bits per heavy atom. The first-order valence-electron chi connectivity index (χ1n) is 20.9. The van der Waals surface area contributed by atoms with Crippen LogP contribution in [0, 0.1) is 0 Å². The topological polar surface area (TPSA) is 119 Å². The fourth-order valence-corrected chi connectivity index (χ4v) is 6.08. The molecular formula is C43H77O8P. The summed E-state index contributed by atoms with van der Waals surface area (Å²) >= 11 is 0. The smallest absolute Gasteiger partial charge is 0.462 e. The van der Waals surface area contributed by atoms with E-state index in [0.29, 0.717) is 12.8 Å². The molecule has 0 aliphatic heterocycles. The highest BCUT2D eigenvalue weighted by molar-refractivity contribution is 7.46. The maximum absolute atomic E-state index is 12.4. The monoisotopic (exact) mass is 753 g/mol. The SMILES string of the molecule is CCCCC/C=C\C/C=C\C/C=C\C/C=C\CCCC(=O)O[C@H](COC(=O)CCCCCCCCCCCCCCCCCCC)COP(=O)(O)O. The van der Waals surface area contributed by atoms with Gasteiger partial charge in [-0.2, -0.15) is 0 Å². The highest BCUT2D eigenvalue weighted by Crippen LogP contribution is 2.36. The lowest BCUT2D eigenvalue weighted by atomic mass is 10.0. The van der Waals surface area contributed by atoms with Crippen molar-refractivity contribution >= 4 is 19.8 Å². The molecule has 9 heteroatoms. The maximum atomic E-state index is 12.4. The van der Waals surface area contributed by atoms with E-state index >= 15 is 0 Å². The van der Waals surface area contributed by atoms with Crippen molar-refractivity contribution in [3.05, 3.63) is 48.6 Å². The molecule has 0 saturated carbocycles. The molecule has 0 spiro atoms. The van der Waals surface area contributed by atoms with Crippen molar-refractivity contribution in [2.45, 2.75) is 200 Å². The van der Waals surface area contributed by atoms with Crippen LogP contribution >= 0.6 is 7.82 Å². The molecule has 0 unspecified atom stereocenters. The van der Waals surface area contributed by atoms with Crippen molar-refractivity contribution in [1.29, 1.82) is 0 Å². The number of allylic oxidation sites excluding steroid dienone is 8. The minimum absolute atomic E-state index is 0.137. The van der Waals surface area contributed by atoms with Crippen molar-refractivity contribution in [3.8, 4) is 0 Å². The van der Waals surface area contributed by atoms with E-state index in [0.717, 1.165) is 38.5 Å². The van der Waals surface area contributed by atoms with E-state index in [1.165, 1.54) is 116 Å². The van der Waals surface area contributed by atoms with Crippen LogP contribution < -0.4 is 0 Å². The highest BCUT2D eigenvalue weighted by atomic mass is 31.2. The van der Waals surface area contributed by atoms with Crippen LogP contribution in [0.25, 0.3) is 0 Å². The number of carbonyl (C=O) groups excluding carboxylic acids is 2. The van der Waals surface area contributed by atoms with Crippen molar-refractivity contribution in [3.63, 3.8) is 0 Å². The zero-order chi connectivity index (χ0) is 38.2. The summed E-state index contributed by atoms with van der Waals surface area (Å²) in [6.07, 6.45) is 46.9. The van der Waals surface area contributed by atoms with Crippen molar-refractivity contribution in [2.75, 3.05) is 13.2 Å². The molecule has 0 heterocycles. The molecule has 0 amide bonds. The summed E-state index contributed by atoms with van der Waals surface area (Å²) in [7, 11) is -4.77. The lowest BCUT2D eigenvalue weighted by Crippen LogP contribution is -2.29. The predicted octanol–water partition coefficient (Wildman–Crippen LogP) is 12.7. The Kier molecular flexibility index (Phi) is 37.2. The van der Waals surface area contributed by atoms with Crippen LogP contribution in [-0.4, -0.2) is 41.0 Å². The van der Waals surface area contributed by atoms with E-state index in [-0.39, 0.29) is 19.4 Å². The van der Waals surface area contributed by atoms with Gasteiger partial charge in [0.05, 0.1) is 6.61 Å². The van der Waals surface area contributed by atoms with Gasteiger partial charge in [-0.25, -0.2) is 4.57 Å². The van der Waals surface area contributed by atoms with E-state index in [1.807, 2.05) is 6.08 Å². The molecule has 0 aromatic heterocycles. The number of rotatable bonds is 38. The summed E-state index contributed by atoms with van der Waals surface area (Å²) in [4.78, 5) is 42.8. The molecule has 1 atom stereocenters. The lowest BCUT2D eigenvalue weighted by Gasteiger charge is -2.18. The molecule has 0 aliphatic rings. The molecule has 0 bridgehead atoms. The average Bonchev–Trinajstić information content (AvgIpc) is 3.11. The van der Waals surface area contributed by atoms with Gasteiger partial charge in [0.25, 0.3) is 0 Å². The van der Waals surface area contributed by atoms with E-state index in [4.69, 9.17) is 19.3 Å². The van der Waals surface area contributed by atoms with Gasteiger partial charge in [0.2, 0.25) is 0 Å². The second-order valence-corrected chi connectivity index (χ2v) is 15.2. The molecule has 302 valence electrons. The molecule has 52 heavy (non-hydrogen) atoms. The fourth-order valence-electron chi connectivity index (χ4n) is 5.72. The molecule has 0 radical (unpaired) electrons. The summed E-state index contributed by atoms with van der Waals surface area (Å²) in [5, 5.41) is 0. The normalized spacial score (nSPS) is 12.9. The fraction of sp³-hybridized carbons (Fsp3) is 0.767. The van der Waals surface area contributed by atoms with Crippen LogP contribution in [0.3, 0.4) is 0 Å². The standard InChI is InChI=1S/C43H77O8P/c1-3-5-7-9-11-13-15-17-19-21-23-25-27-29-31-33-35-37-42(44)49-39-41(40-50-52(46,47)48)51-43(45)38-36-34-32-30-28-26-24-22-20-18-16-14-12-10-8-6-4-2/h12,14,18,20,24,26,30,32,41H,3-11,13,15-17,19,21-23,25,27-29,31,33-40H2,1-2H3,(H2,46,47,48)/b14-12-,20-18-,26-24-,32-30-/t41-/m1/s1. The zero-order valence-electron chi connectivity index (χ0n) is 33.2. The Morgan fingerprint density at radius 2 is 0.885 bits per heavy atom. The van der Waals surface area contributed by atoms with Gasteiger partial charge in [0, 0.05) is 12.8 Å². The van der Waals surface area contributed by atoms with Crippen LogP contribution in [0.1, 0.15) is 194 Å². The number of unbranched alkanes of at least 4 members (excludes halogenated alkanes) is 20. The summed E-state index contributed by atoms with van der Waals surface area (Å²) in [5.74, 6) is -0.946. The number of ether oxygens (including phenoxy) is 2. The van der Waals surface area contributed by atoms with Crippen LogP contribution in [-0.2, 0) is 28.2 Å². The molecule has 8 nitrogen and oxygen atoms in total. The van der Waals surface area contributed by atoms with Gasteiger partial charge >= 0.3 is 19.8 Å². The Hall–Kier alpha value is -1.99. The van der Waals surface area contributed by atoms with Crippen molar-refractivity contribution in [1.82, 2.24) is 0 Å². The van der Waals surface area contributed by atoms with Crippen LogP contribution in [0.2, 0.25) is 0 Å². The van der Waals surface area contributed by atoms with E-state index in [1.54, 1.807) is 0 Å². The Morgan fingerprint density at radius 1 is 0.500 bits per heavy atom. The maximum Gasteiger partial charge on any atom is 0.469 e. The summed E-state index contributed by atoms with van der Waals surface area (Å²) in [6, 6.07) is 0. The van der Waals surface area contributed by atoms with Gasteiger partial charge in [0.1, 0.15) is 6.61 Å².